The van der Waals surface area contributed by atoms with E-state index in [9.17, 15) is 19.5 Å². The van der Waals surface area contributed by atoms with E-state index in [1.54, 1.807) is 28.8 Å². The normalized spacial score (nSPS) is 30.8. The van der Waals surface area contributed by atoms with E-state index in [0.29, 0.717) is 32.6 Å². The van der Waals surface area contributed by atoms with E-state index in [-0.39, 0.29) is 24.3 Å². The molecule has 0 aliphatic carbocycles. The van der Waals surface area contributed by atoms with Crippen LogP contribution in [0.4, 0.5) is 0 Å². The monoisotopic (exact) mass is 533 g/mol. The summed E-state index contributed by atoms with van der Waals surface area (Å²) in [7, 11) is 0. The quantitative estimate of drug-likeness (QED) is 0.255. The molecule has 0 saturated carbocycles. The van der Waals surface area contributed by atoms with Gasteiger partial charge in [0.05, 0.1) is 29.2 Å². The third-order valence-electron chi connectivity index (χ3n) is 8.64. The van der Waals surface area contributed by atoms with E-state index in [4.69, 9.17) is 0 Å². The van der Waals surface area contributed by atoms with E-state index in [1.807, 2.05) is 23.6 Å². The Labute approximate surface area is 227 Å². The van der Waals surface area contributed by atoms with Gasteiger partial charge in [-0.3, -0.25) is 14.4 Å². The Hall–Kier alpha value is -1.80. The van der Waals surface area contributed by atoms with Gasteiger partial charge in [0.2, 0.25) is 17.7 Å². The van der Waals surface area contributed by atoms with Crippen molar-refractivity contribution < 1.29 is 19.5 Å². The molecule has 8 heteroatoms. The van der Waals surface area contributed by atoms with Gasteiger partial charge in [0.25, 0.3) is 0 Å². The van der Waals surface area contributed by atoms with Gasteiger partial charge >= 0.3 is 0 Å². The Morgan fingerprint density at radius 2 is 1.73 bits per heavy atom. The van der Waals surface area contributed by atoms with Crippen LogP contribution in [-0.2, 0) is 14.4 Å². The number of fused-ring (bicyclic) bond motifs is 1. The van der Waals surface area contributed by atoms with Crippen molar-refractivity contribution in [2.24, 2.45) is 11.8 Å². The van der Waals surface area contributed by atoms with Crippen molar-refractivity contribution in [3.63, 3.8) is 0 Å². The SMILES string of the molecule is C=CCN(CCCCC)C(=O)C1N([C@@H](CC)CO)C(=O)[C@@H]2[C@@H](C(=O)N(CC=C)CCC)[C@@]3(C)CCC12S3. The van der Waals surface area contributed by atoms with Crippen LogP contribution in [-0.4, -0.2) is 91.9 Å². The molecule has 0 aromatic heterocycles. The topological polar surface area (TPSA) is 81.2 Å². The van der Waals surface area contributed by atoms with Gasteiger partial charge in [-0.25, -0.2) is 0 Å². The average molecular weight is 534 g/mol. The smallest absolute Gasteiger partial charge is 0.247 e. The molecular weight excluding hydrogens is 486 g/mol. The summed E-state index contributed by atoms with van der Waals surface area (Å²) in [5.41, 5.74) is 0. The van der Waals surface area contributed by atoms with Gasteiger partial charge < -0.3 is 19.8 Å². The van der Waals surface area contributed by atoms with Crippen molar-refractivity contribution in [2.75, 3.05) is 32.8 Å². The third kappa shape index (κ3) is 5.12. The van der Waals surface area contributed by atoms with E-state index in [1.165, 1.54) is 0 Å². The molecule has 3 saturated heterocycles. The molecule has 1 spiro atoms. The summed E-state index contributed by atoms with van der Waals surface area (Å²) >= 11 is 1.70. The molecule has 1 N–H and O–H groups in total. The average Bonchev–Trinajstić information content (AvgIpc) is 3.44. The molecule has 208 valence electrons. The largest absolute Gasteiger partial charge is 0.394 e. The zero-order valence-electron chi connectivity index (χ0n) is 23.3. The summed E-state index contributed by atoms with van der Waals surface area (Å²) in [5.74, 6) is -1.28. The second-order valence-electron chi connectivity index (χ2n) is 11.1. The Morgan fingerprint density at radius 1 is 1.08 bits per heavy atom. The second-order valence-corrected chi connectivity index (χ2v) is 13.0. The maximum Gasteiger partial charge on any atom is 0.247 e. The summed E-state index contributed by atoms with van der Waals surface area (Å²) in [6.07, 6.45) is 9.33. The van der Waals surface area contributed by atoms with Crippen molar-refractivity contribution in [3.05, 3.63) is 25.3 Å². The maximum absolute atomic E-state index is 14.3. The van der Waals surface area contributed by atoms with Gasteiger partial charge in [-0.2, -0.15) is 0 Å². The van der Waals surface area contributed by atoms with Gasteiger partial charge in [-0.15, -0.1) is 24.9 Å². The number of amides is 3. The summed E-state index contributed by atoms with van der Waals surface area (Å²) in [6.45, 7) is 17.8. The zero-order chi connectivity index (χ0) is 27.4. The first-order valence-corrected chi connectivity index (χ1v) is 14.9. The number of aliphatic hydroxyl groups is 1. The number of thioether (sulfide) groups is 1. The van der Waals surface area contributed by atoms with Crippen LogP contribution < -0.4 is 0 Å². The number of aliphatic hydroxyl groups excluding tert-OH is 1. The predicted molar refractivity (Wildman–Crippen MR) is 150 cm³/mol. The lowest BCUT2D eigenvalue weighted by Crippen LogP contribution is -2.57. The molecule has 3 rings (SSSR count). The van der Waals surface area contributed by atoms with Crippen molar-refractivity contribution in [1.82, 2.24) is 14.7 Å². The van der Waals surface area contributed by atoms with Gasteiger partial charge in [0.1, 0.15) is 6.04 Å². The first-order valence-electron chi connectivity index (χ1n) is 14.1. The fourth-order valence-corrected chi connectivity index (χ4v) is 9.24. The number of likely N-dealkylation sites (tertiary alicyclic amines) is 1. The number of nitrogens with zero attached hydrogens (tertiary/aromatic N) is 3. The summed E-state index contributed by atoms with van der Waals surface area (Å²) < 4.78 is -1.07. The Balaban J connectivity index is 2.08. The molecule has 37 heavy (non-hydrogen) atoms. The highest BCUT2D eigenvalue weighted by atomic mass is 32.2. The van der Waals surface area contributed by atoms with Crippen LogP contribution >= 0.6 is 11.8 Å². The number of unbranched alkanes of at least 4 members (excludes halogenated alkanes) is 2. The van der Waals surface area contributed by atoms with Crippen LogP contribution in [0.1, 0.15) is 72.6 Å². The zero-order valence-corrected chi connectivity index (χ0v) is 24.1. The van der Waals surface area contributed by atoms with Crippen LogP contribution in [0.2, 0.25) is 0 Å². The van der Waals surface area contributed by atoms with Crippen LogP contribution in [0.3, 0.4) is 0 Å². The van der Waals surface area contributed by atoms with Gasteiger partial charge in [0, 0.05) is 30.9 Å². The summed E-state index contributed by atoms with van der Waals surface area (Å²) in [4.78, 5) is 48.0. The second kappa shape index (κ2) is 12.4. The number of hydrogen-bond donors (Lipinski definition) is 1. The molecule has 0 radical (unpaired) electrons. The molecule has 2 unspecified atom stereocenters. The standard InChI is InChI=1S/C29H47N3O4S/c1-7-12-13-19-31(18-10-4)27(36)24-29-15-14-28(6,37-29)22(25(34)30(16-8-2)17-9-3)23(29)26(35)32(24)21(11-5)20-33/h8,10,21-24,33H,2,4,7,9,11-20H2,1,3,5-6H3/t21-,22-,23-,24?,28+,29?/m0/s1. The predicted octanol–water partition coefficient (Wildman–Crippen LogP) is 3.87. The highest BCUT2D eigenvalue weighted by molar-refractivity contribution is 8.02. The lowest BCUT2D eigenvalue weighted by Gasteiger charge is -2.39. The van der Waals surface area contributed by atoms with Gasteiger partial charge in [0.15, 0.2) is 0 Å². The Morgan fingerprint density at radius 3 is 2.27 bits per heavy atom. The van der Waals surface area contributed by atoms with E-state index < -0.39 is 33.4 Å². The molecule has 3 aliphatic rings. The lowest BCUT2D eigenvalue weighted by molar-refractivity contribution is -0.147. The molecule has 7 nitrogen and oxygen atoms in total. The lowest BCUT2D eigenvalue weighted by atomic mass is 9.66. The minimum atomic E-state index is -0.688. The number of carbonyl (C=O) groups excluding carboxylic acids is 3. The fourth-order valence-electron chi connectivity index (χ4n) is 6.91. The molecule has 3 fully saturated rings. The third-order valence-corrected chi connectivity index (χ3v) is 10.6. The van der Waals surface area contributed by atoms with Gasteiger partial charge in [-0.05, 0) is 39.0 Å². The summed E-state index contributed by atoms with van der Waals surface area (Å²) in [6, 6.07) is -1.14. The molecule has 3 amide bonds. The molecule has 6 atom stereocenters. The van der Waals surface area contributed by atoms with E-state index in [0.717, 1.165) is 38.5 Å². The Kier molecular flexibility index (Phi) is 9.95. The van der Waals surface area contributed by atoms with Crippen molar-refractivity contribution in [3.8, 4) is 0 Å². The van der Waals surface area contributed by atoms with Crippen LogP contribution in [0.15, 0.2) is 25.3 Å². The molecular formula is C29H47N3O4S. The maximum atomic E-state index is 14.3. The molecule has 3 aliphatic heterocycles. The Bertz CT molecular complexity index is 877. The molecule has 0 aromatic rings. The number of carbonyl (C=O) groups is 3. The van der Waals surface area contributed by atoms with Crippen LogP contribution in [0.5, 0.6) is 0 Å². The van der Waals surface area contributed by atoms with Crippen molar-refractivity contribution in [1.29, 1.82) is 0 Å². The summed E-state index contributed by atoms with van der Waals surface area (Å²) in [5, 5.41) is 10.3. The molecule has 2 bridgehead atoms. The minimum Gasteiger partial charge on any atom is -0.394 e. The van der Waals surface area contributed by atoms with Crippen LogP contribution in [0.25, 0.3) is 0 Å². The van der Waals surface area contributed by atoms with Crippen molar-refractivity contribution in [2.45, 2.75) is 94.2 Å². The highest BCUT2D eigenvalue weighted by Crippen LogP contribution is 2.72. The highest BCUT2D eigenvalue weighted by Gasteiger charge is 2.77. The number of rotatable bonds is 15. The van der Waals surface area contributed by atoms with Gasteiger partial charge in [-0.1, -0.05) is 45.8 Å². The van der Waals surface area contributed by atoms with Crippen LogP contribution in [0, 0.1) is 11.8 Å². The minimum absolute atomic E-state index is 0.00679. The van der Waals surface area contributed by atoms with E-state index >= 15 is 0 Å². The number of hydrogen-bond acceptors (Lipinski definition) is 5. The first kappa shape index (κ1) is 29.8. The molecule has 0 aromatic carbocycles. The molecule has 3 heterocycles. The fraction of sp³-hybridized carbons (Fsp3) is 0.759. The van der Waals surface area contributed by atoms with Crippen molar-refractivity contribution >= 4 is 29.5 Å². The van der Waals surface area contributed by atoms with E-state index in [2.05, 4.69) is 27.0 Å². The first-order chi connectivity index (χ1) is 17.7.